The van der Waals surface area contributed by atoms with Gasteiger partial charge < -0.3 is 9.05 Å². The standard InChI is InChI=1S/C18H24NO4PS/c1-4-22-24(20,23-5-2)18(16-9-7-6-8-10-16)19-25(21)17-13-11-15(3)12-14-17/h6-14,18-19H,4-5H2,1-3H3. The van der Waals surface area contributed by atoms with E-state index in [2.05, 4.69) is 4.72 Å². The Bertz CT molecular complexity index is 727. The van der Waals surface area contributed by atoms with E-state index in [0.717, 1.165) is 5.56 Å². The smallest absolute Gasteiger partial charge is 0.308 e. The van der Waals surface area contributed by atoms with Crippen molar-refractivity contribution in [2.75, 3.05) is 13.2 Å². The molecule has 136 valence electrons. The first-order valence-corrected chi connectivity index (χ1v) is 10.9. The molecule has 0 saturated carbocycles. The molecule has 0 bridgehead atoms. The summed E-state index contributed by atoms with van der Waals surface area (Å²) in [5.41, 5.74) is 1.78. The summed E-state index contributed by atoms with van der Waals surface area (Å²) in [5, 5.41) is 0. The van der Waals surface area contributed by atoms with E-state index in [0.29, 0.717) is 10.5 Å². The van der Waals surface area contributed by atoms with Crippen molar-refractivity contribution < 1.29 is 17.8 Å². The third-order valence-corrected chi connectivity index (χ3v) is 7.12. The molecule has 0 aliphatic carbocycles. The van der Waals surface area contributed by atoms with Gasteiger partial charge in [-0.1, -0.05) is 48.0 Å². The lowest BCUT2D eigenvalue weighted by atomic mass is 10.2. The first-order chi connectivity index (χ1) is 12.0. The predicted molar refractivity (Wildman–Crippen MR) is 101 cm³/mol. The van der Waals surface area contributed by atoms with Crippen LogP contribution < -0.4 is 4.72 Å². The zero-order valence-electron chi connectivity index (χ0n) is 14.7. The van der Waals surface area contributed by atoms with Gasteiger partial charge in [0.25, 0.3) is 0 Å². The minimum atomic E-state index is -3.54. The van der Waals surface area contributed by atoms with Crippen molar-refractivity contribution in [2.45, 2.75) is 31.4 Å². The largest absolute Gasteiger partial charge is 0.352 e. The molecule has 7 heteroatoms. The van der Waals surface area contributed by atoms with E-state index in [1.807, 2.05) is 49.4 Å². The summed E-state index contributed by atoms with van der Waals surface area (Å²) in [5.74, 6) is -0.823. The molecule has 0 aromatic heterocycles. The highest BCUT2D eigenvalue weighted by molar-refractivity contribution is 7.83. The monoisotopic (exact) mass is 381 g/mol. The van der Waals surface area contributed by atoms with Gasteiger partial charge in [-0.2, -0.15) is 0 Å². The molecule has 0 radical (unpaired) electrons. The molecule has 2 aromatic rings. The first kappa shape index (κ1) is 20.0. The molecule has 2 aromatic carbocycles. The fourth-order valence-electron chi connectivity index (χ4n) is 2.33. The quantitative estimate of drug-likeness (QED) is 0.646. The Labute approximate surface area is 151 Å². The van der Waals surface area contributed by atoms with Crippen molar-refractivity contribution in [3.8, 4) is 0 Å². The molecule has 2 rings (SSSR count). The van der Waals surface area contributed by atoms with Crippen LogP contribution in [0, 0.1) is 6.92 Å². The highest BCUT2D eigenvalue weighted by atomic mass is 32.2. The maximum absolute atomic E-state index is 13.3. The van der Waals surface area contributed by atoms with Crippen molar-refractivity contribution >= 4 is 18.6 Å². The van der Waals surface area contributed by atoms with Gasteiger partial charge in [-0.3, -0.25) is 4.57 Å². The maximum Gasteiger partial charge on any atom is 0.352 e. The minimum absolute atomic E-state index is 0.236. The summed E-state index contributed by atoms with van der Waals surface area (Å²) >= 11 is 0. The van der Waals surface area contributed by atoms with Crippen LogP contribution in [0.25, 0.3) is 0 Å². The van der Waals surface area contributed by atoms with E-state index in [-0.39, 0.29) is 13.2 Å². The predicted octanol–water partition coefficient (Wildman–Crippen LogP) is 4.57. The summed E-state index contributed by atoms with van der Waals surface area (Å²) in [4.78, 5) is 0.603. The topological polar surface area (TPSA) is 64.6 Å². The third-order valence-electron chi connectivity index (χ3n) is 3.50. The van der Waals surface area contributed by atoms with Crippen LogP contribution in [0.4, 0.5) is 0 Å². The fraction of sp³-hybridized carbons (Fsp3) is 0.333. The van der Waals surface area contributed by atoms with Gasteiger partial charge in [-0.25, -0.2) is 8.93 Å². The van der Waals surface area contributed by atoms with Crippen LogP contribution in [0.5, 0.6) is 0 Å². The van der Waals surface area contributed by atoms with Crippen molar-refractivity contribution in [1.82, 2.24) is 4.72 Å². The summed E-state index contributed by atoms with van der Waals surface area (Å²) in [7, 11) is -5.10. The van der Waals surface area contributed by atoms with Gasteiger partial charge in [0.2, 0.25) is 0 Å². The van der Waals surface area contributed by atoms with Gasteiger partial charge in [-0.15, -0.1) is 0 Å². The van der Waals surface area contributed by atoms with E-state index in [1.165, 1.54) is 0 Å². The lowest BCUT2D eigenvalue weighted by molar-refractivity contribution is 0.210. The number of aryl methyl sites for hydroxylation is 1. The number of hydrogen-bond donors (Lipinski definition) is 1. The summed E-state index contributed by atoms with van der Waals surface area (Å²) in [6, 6.07) is 16.5. The van der Waals surface area contributed by atoms with Crippen LogP contribution in [0.2, 0.25) is 0 Å². The molecule has 2 atom stereocenters. The molecule has 0 heterocycles. The number of rotatable bonds is 9. The highest BCUT2D eigenvalue weighted by Gasteiger charge is 2.38. The van der Waals surface area contributed by atoms with Gasteiger partial charge in [0, 0.05) is 0 Å². The molecule has 0 amide bonds. The Kier molecular flexibility index (Phi) is 7.54. The molecule has 0 fully saturated rings. The fourth-order valence-corrected chi connectivity index (χ4v) is 5.62. The molecule has 0 spiro atoms. The molecule has 0 saturated heterocycles. The van der Waals surface area contributed by atoms with E-state index in [9.17, 15) is 8.77 Å². The van der Waals surface area contributed by atoms with Crippen molar-refractivity contribution in [3.63, 3.8) is 0 Å². The van der Waals surface area contributed by atoms with E-state index in [4.69, 9.17) is 9.05 Å². The van der Waals surface area contributed by atoms with Gasteiger partial charge in [0.15, 0.2) is 0 Å². The van der Waals surface area contributed by atoms with Crippen molar-refractivity contribution in [2.24, 2.45) is 0 Å². The second kappa shape index (κ2) is 9.41. The van der Waals surface area contributed by atoms with Crippen molar-refractivity contribution in [1.29, 1.82) is 0 Å². The van der Waals surface area contributed by atoms with Gasteiger partial charge in [0.1, 0.15) is 16.8 Å². The van der Waals surface area contributed by atoms with Gasteiger partial charge in [0.05, 0.1) is 18.1 Å². The lowest BCUT2D eigenvalue weighted by Gasteiger charge is -2.27. The number of benzene rings is 2. The number of hydrogen-bond acceptors (Lipinski definition) is 4. The summed E-state index contributed by atoms with van der Waals surface area (Å²) < 4.78 is 40.0. The normalized spacial score (nSPS) is 14.2. The lowest BCUT2D eigenvalue weighted by Crippen LogP contribution is -2.25. The molecule has 0 aliphatic heterocycles. The Balaban J connectivity index is 2.36. The Hall–Kier alpha value is -1.30. The molecule has 2 unspecified atom stereocenters. The van der Waals surface area contributed by atoms with Crippen LogP contribution in [0.1, 0.15) is 30.8 Å². The summed E-state index contributed by atoms with van der Waals surface area (Å²) in [6.45, 7) is 5.94. The van der Waals surface area contributed by atoms with Gasteiger partial charge >= 0.3 is 7.60 Å². The van der Waals surface area contributed by atoms with Crippen LogP contribution in [-0.2, 0) is 24.6 Å². The third kappa shape index (κ3) is 5.33. The van der Waals surface area contributed by atoms with Crippen molar-refractivity contribution in [3.05, 3.63) is 65.7 Å². The van der Waals surface area contributed by atoms with Crippen LogP contribution >= 0.6 is 7.60 Å². The molecular weight excluding hydrogens is 357 g/mol. The Morgan fingerprint density at radius 1 is 1.00 bits per heavy atom. The molecule has 1 N–H and O–H groups in total. The SMILES string of the molecule is CCOP(=O)(OCC)C(NS(=O)c1ccc(C)cc1)c1ccccc1. The van der Waals surface area contributed by atoms with Crippen LogP contribution in [0.3, 0.4) is 0 Å². The zero-order valence-corrected chi connectivity index (χ0v) is 16.4. The van der Waals surface area contributed by atoms with Gasteiger partial charge in [-0.05, 0) is 38.5 Å². The van der Waals surface area contributed by atoms with Crippen LogP contribution in [-0.4, -0.2) is 17.4 Å². The van der Waals surface area contributed by atoms with Crippen LogP contribution in [0.15, 0.2) is 59.5 Å². The number of nitrogens with one attached hydrogen (secondary N) is 1. The van der Waals surface area contributed by atoms with E-state index < -0.39 is 24.4 Å². The Morgan fingerprint density at radius 3 is 2.08 bits per heavy atom. The average molecular weight is 381 g/mol. The Morgan fingerprint density at radius 2 is 1.56 bits per heavy atom. The van der Waals surface area contributed by atoms with E-state index in [1.54, 1.807) is 26.0 Å². The summed E-state index contributed by atoms with van der Waals surface area (Å²) in [6.07, 6.45) is 0. The maximum atomic E-state index is 13.3. The molecular formula is C18H24NO4PS. The molecule has 0 aliphatic rings. The molecule has 25 heavy (non-hydrogen) atoms. The molecule has 5 nitrogen and oxygen atoms in total. The highest BCUT2D eigenvalue weighted by Crippen LogP contribution is 2.59. The zero-order chi connectivity index (χ0) is 18.3. The minimum Gasteiger partial charge on any atom is -0.308 e. The second-order valence-corrected chi connectivity index (χ2v) is 8.75. The van der Waals surface area contributed by atoms with E-state index >= 15 is 0 Å². The average Bonchev–Trinajstić information content (AvgIpc) is 2.61. The first-order valence-electron chi connectivity index (χ1n) is 8.18. The second-order valence-electron chi connectivity index (χ2n) is 5.39.